The number of benzene rings is 1. The van der Waals surface area contributed by atoms with Gasteiger partial charge >= 0.3 is 0 Å². The van der Waals surface area contributed by atoms with Crippen molar-refractivity contribution in [3.63, 3.8) is 0 Å². The number of phenolic OH excluding ortho intramolecular Hbond substituents is 1. The van der Waals surface area contributed by atoms with Crippen LogP contribution in [0.2, 0.25) is 0 Å². The van der Waals surface area contributed by atoms with E-state index in [0.29, 0.717) is 23.5 Å². The van der Waals surface area contributed by atoms with Crippen molar-refractivity contribution in [2.75, 3.05) is 18.7 Å². The zero-order valence-corrected chi connectivity index (χ0v) is 20.6. The Morgan fingerprint density at radius 3 is 2.91 bits per heavy atom. The second-order valence-electron chi connectivity index (χ2n) is 11.1. The highest BCUT2D eigenvalue weighted by molar-refractivity contribution is 7.15. The number of rotatable bonds is 3. The predicted octanol–water partition coefficient (Wildman–Crippen LogP) is 4.26. The van der Waals surface area contributed by atoms with Crippen LogP contribution in [0.4, 0.5) is 5.13 Å². The highest BCUT2D eigenvalue weighted by Crippen LogP contribution is 2.68. The summed E-state index contributed by atoms with van der Waals surface area (Å²) in [6.45, 7) is 5.18. The van der Waals surface area contributed by atoms with Crippen molar-refractivity contribution in [3.8, 4) is 5.75 Å². The molecule has 5 unspecified atom stereocenters. The molecular formula is C26H30N4O3S. The van der Waals surface area contributed by atoms with E-state index in [2.05, 4.69) is 28.1 Å². The fourth-order valence-electron chi connectivity index (χ4n) is 8.15. The number of fused-ring (bicyclic) bond motifs is 6. The van der Waals surface area contributed by atoms with Gasteiger partial charge in [-0.1, -0.05) is 18.1 Å². The fourth-order valence-corrected chi connectivity index (χ4v) is 8.92. The molecule has 0 bridgehead atoms. The van der Waals surface area contributed by atoms with E-state index >= 15 is 0 Å². The van der Waals surface area contributed by atoms with E-state index in [1.54, 1.807) is 23.5 Å². The number of thiazole rings is 1. The molecule has 178 valence electrons. The molecular weight excluding hydrogens is 448 g/mol. The molecule has 3 aliphatic carbocycles. The Bertz CT molecular complexity index is 1240. The Kier molecular flexibility index (Phi) is 4.19. The summed E-state index contributed by atoms with van der Waals surface area (Å²) in [5.74, 6) is 2.17. The van der Waals surface area contributed by atoms with Crippen LogP contribution in [0.1, 0.15) is 54.5 Å². The summed E-state index contributed by atoms with van der Waals surface area (Å²) < 4.78 is 0. The molecule has 0 spiro atoms. The molecule has 0 radical (unpaired) electrons. The van der Waals surface area contributed by atoms with E-state index in [-0.39, 0.29) is 17.2 Å². The van der Waals surface area contributed by atoms with Gasteiger partial charge in [0, 0.05) is 23.0 Å². The number of amides is 1. The second-order valence-corrected chi connectivity index (χ2v) is 12.3. The largest absolute Gasteiger partial charge is 0.508 e. The van der Waals surface area contributed by atoms with E-state index in [1.807, 2.05) is 25.3 Å². The number of aromatic nitrogens is 1. The van der Waals surface area contributed by atoms with E-state index in [4.69, 9.17) is 4.84 Å². The van der Waals surface area contributed by atoms with Gasteiger partial charge in [0.15, 0.2) is 0 Å². The first-order valence-electron chi connectivity index (χ1n) is 12.4. The molecule has 7 rings (SSSR count). The molecule has 4 fully saturated rings. The number of carbonyl (C=O) groups excluding carboxylic acids is 1. The van der Waals surface area contributed by atoms with Crippen LogP contribution in [0.3, 0.4) is 0 Å². The van der Waals surface area contributed by atoms with E-state index < -0.39 is 5.54 Å². The monoisotopic (exact) mass is 478 g/mol. The van der Waals surface area contributed by atoms with Crippen LogP contribution in [-0.2, 0) is 16.1 Å². The van der Waals surface area contributed by atoms with Crippen molar-refractivity contribution in [1.29, 1.82) is 0 Å². The zero-order chi connectivity index (χ0) is 23.4. The lowest BCUT2D eigenvalue weighted by atomic mass is 9.53. The first-order chi connectivity index (χ1) is 16.4. The lowest BCUT2D eigenvalue weighted by Crippen LogP contribution is -2.63. The van der Waals surface area contributed by atoms with E-state index in [0.717, 1.165) is 54.4 Å². The first-order valence-corrected chi connectivity index (χ1v) is 13.2. The molecule has 3 heterocycles. The maximum Gasteiger partial charge on any atom is 0.267 e. The summed E-state index contributed by atoms with van der Waals surface area (Å²) in [4.78, 5) is 24.6. The molecule has 2 saturated carbocycles. The normalized spacial score (nSPS) is 40.8. The number of hydrogen-bond donors (Lipinski definition) is 1. The number of anilines is 1. The average Bonchev–Trinajstić information content (AvgIpc) is 3.13. The molecule has 2 aromatic rings. The van der Waals surface area contributed by atoms with Crippen LogP contribution in [0.5, 0.6) is 5.75 Å². The van der Waals surface area contributed by atoms with Gasteiger partial charge in [-0.3, -0.25) is 4.79 Å². The lowest BCUT2D eigenvalue weighted by molar-refractivity contribution is -0.135. The molecule has 1 N–H and O–H groups in total. The van der Waals surface area contributed by atoms with Crippen molar-refractivity contribution in [2.24, 2.45) is 28.3 Å². The SMILES string of the molecule is CO/N=C1\C[C@@H](C23CN2N(c2ncc(C)s2)C3=O)C2C3CCc4cc(O)ccc4C3CC[C@]12C. The highest BCUT2D eigenvalue weighted by Gasteiger charge is 2.80. The van der Waals surface area contributed by atoms with Gasteiger partial charge in [-0.15, -0.1) is 11.3 Å². The molecule has 7 atom stereocenters. The van der Waals surface area contributed by atoms with Crippen LogP contribution < -0.4 is 5.01 Å². The number of carbonyl (C=O) groups is 1. The Balaban J connectivity index is 1.27. The van der Waals surface area contributed by atoms with Crippen LogP contribution in [0.15, 0.2) is 29.6 Å². The second kappa shape index (κ2) is 6.82. The first kappa shape index (κ1) is 20.9. The van der Waals surface area contributed by atoms with Crippen LogP contribution in [0, 0.1) is 30.1 Å². The summed E-state index contributed by atoms with van der Waals surface area (Å²) in [5, 5.41) is 19.4. The van der Waals surface area contributed by atoms with Gasteiger partial charge in [-0.25, -0.2) is 9.99 Å². The Labute approximate surface area is 203 Å². The molecule has 34 heavy (non-hydrogen) atoms. The summed E-state index contributed by atoms with van der Waals surface area (Å²) in [6.07, 6.45) is 6.91. The average molecular weight is 479 g/mol. The minimum atomic E-state index is -0.409. The maximum absolute atomic E-state index is 13.7. The van der Waals surface area contributed by atoms with Crippen molar-refractivity contribution in [2.45, 2.75) is 57.4 Å². The quantitative estimate of drug-likeness (QED) is 0.527. The number of hydrogen-bond acceptors (Lipinski definition) is 7. The van der Waals surface area contributed by atoms with Gasteiger partial charge < -0.3 is 9.94 Å². The topological polar surface area (TPSA) is 78.0 Å². The van der Waals surface area contributed by atoms with Crippen molar-refractivity contribution < 1.29 is 14.7 Å². The smallest absolute Gasteiger partial charge is 0.267 e. The van der Waals surface area contributed by atoms with Gasteiger partial charge in [-0.05, 0) is 86.0 Å². The minimum Gasteiger partial charge on any atom is -0.508 e. The molecule has 2 aliphatic heterocycles. The zero-order valence-electron chi connectivity index (χ0n) is 19.8. The Morgan fingerprint density at radius 2 is 2.18 bits per heavy atom. The third-order valence-electron chi connectivity index (χ3n) is 9.62. The highest BCUT2D eigenvalue weighted by atomic mass is 32.1. The minimum absolute atomic E-state index is 0.0439. The van der Waals surface area contributed by atoms with Crippen LogP contribution in [-0.4, -0.2) is 45.9 Å². The molecule has 1 aromatic carbocycles. The third kappa shape index (κ3) is 2.48. The van der Waals surface area contributed by atoms with Crippen molar-refractivity contribution >= 4 is 28.1 Å². The van der Waals surface area contributed by atoms with Gasteiger partial charge in [-0.2, -0.15) is 5.01 Å². The predicted molar refractivity (Wildman–Crippen MR) is 130 cm³/mol. The molecule has 5 aliphatic rings. The fraction of sp³-hybridized carbons (Fsp3) is 0.577. The van der Waals surface area contributed by atoms with Gasteiger partial charge in [0.2, 0.25) is 5.13 Å². The Morgan fingerprint density at radius 1 is 1.32 bits per heavy atom. The Hall–Kier alpha value is -2.45. The summed E-state index contributed by atoms with van der Waals surface area (Å²) in [6, 6.07) is 5.93. The summed E-state index contributed by atoms with van der Waals surface area (Å²) >= 11 is 1.58. The van der Waals surface area contributed by atoms with E-state index in [9.17, 15) is 9.90 Å². The molecule has 7 nitrogen and oxygen atoms in total. The van der Waals surface area contributed by atoms with Gasteiger partial charge in [0.1, 0.15) is 18.4 Å². The van der Waals surface area contributed by atoms with Crippen LogP contribution in [0.25, 0.3) is 0 Å². The number of aryl methyl sites for hydroxylation is 2. The lowest BCUT2D eigenvalue weighted by Gasteiger charge is -2.52. The maximum atomic E-state index is 13.7. The summed E-state index contributed by atoms with van der Waals surface area (Å²) in [5.41, 5.74) is 3.38. The molecule has 1 aromatic heterocycles. The van der Waals surface area contributed by atoms with E-state index in [1.165, 1.54) is 11.1 Å². The van der Waals surface area contributed by atoms with Crippen molar-refractivity contribution in [3.05, 3.63) is 40.4 Å². The van der Waals surface area contributed by atoms with Crippen molar-refractivity contribution in [1.82, 2.24) is 9.99 Å². The number of phenols is 1. The number of oxime groups is 1. The van der Waals surface area contributed by atoms with Crippen LogP contribution >= 0.6 is 11.3 Å². The number of nitrogens with zero attached hydrogens (tertiary/aromatic N) is 4. The van der Waals surface area contributed by atoms with Gasteiger partial charge in [0.25, 0.3) is 5.91 Å². The number of hydrazine groups is 1. The molecule has 1 amide bonds. The number of aromatic hydroxyl groups is 1. The third-order valence-corrected chi connectivity index (χ3v) is 10.5. The molecule has 8 heteroatoms. The standard InChI is InChI=1S/C26H30N4O3S/c1-14-12-27-24(34-14)30-23(32)26(13-29(26)30)20-11-21(28-33-3)25(2)9-8-18-17-7-5-16(31)10-15(17)4-6-19(18)22(20)25/h5,7,10,12,18-20,22,31H,4,6,8-9,11,13H2,1-3H3/b28-21+/t18?,19?,20-,22?,25-,26?,29?/m1/s1. The molecule has 2 saturated heterocycles. The summed E-state index contributed by atoms with van der Waals surface area (Å²) in [7, 11) is 1.64. The van der Waals surface area contributed by atoms with Gasteiger partial charge in [0.05, 0.1) is 5.71 Å².